The Balaban J connectivity index is 1.84. The van der Waals surface area contributed by atoms with Crippen LogP contribution in [-0.4, -0.2) is 47.5 Å². The first kappa shape index (κ1) is 23.8. The lowest BCUT2D eigenvalue weighted by Crippen LogP contribution is -2.29. The van der Waals surface area contributed by atoms with Crippen LogP contribution in [0.15, 0.2) is 72.6 Å². The third-order valence-electron chi connectivity index (χ3n) is 5.78. The van der Waals surface area contributed by atoms with E-state index in [1.807, 2.05) is 13.0 Å². The lowest BCUT2D eigenvalue weighted by atomic mass is 9.95. The highest BCUT2D eigenvalue weighted by atomic mass is 16.5. The van der Waals surface area contributed by atoms with E-state index < -0.39 is 17.7 Å². The number of amides is 1. The van der Waals surface area contributed by atoms with Crippen molar-refractivity contribution in [3.05, 3.63) is 89.3 Å². The van der Waals surface area contributed by atoms with Gasteiger partial charge < -0.3 is 24.2 Å². The van der Waals surface area contributed by atoms with Crippen molar-refractivity contribution in [2.45, 2.75) is 19.5 Å². The maximum atomic E-state index is 13.2. The molecule has 2 aromatic carbocycles. The minimum atomic E-state index is -0.807. The fraction of sp³-hybridized carbons (Fsp3) is 0.222. The summed E-state index contributed by atoms with van der Waals surface area (Å²) in [4.78, 5) is 32.0. The Bertz CT molecular complexity index is 1250. The molecule has 0 bridgehead atoms. The summed E-state index contributed by atoms with van der Waals surface area (Å²) in [7, 11) is 2.99. The molecule has 1 fully saturated rings. The molecule has 1 aromatic heterocycles. The molecular formula is C27H26N2O6. The molecule has 1 N–H and O–H groups in total. The predicted molar refractivity (Wildman–Crippen MR) is 129 cm³/mol. The zero-order chi connectivity index (χ0) is 24.9. The second-order valence-corrected chi connectivity index (χ2v) is 7.86. The van der Waals surface area contributed by atoms with Crippen molar-refractivity contribution in [1.29, 1.82) is 0 Å². The Kier molecular flexibility index (Phi) is 7.01. The van der Waals surface area contributed by atoms with Gasteiger partial charge in [-0.2, -0.15) is 0 Å². The van der Waals surface area contributed by atoms with E-state index in [1.54, 1.807) is 60.9 Å². The highest BCUT2D eigenvalue weighted by Gasteiger charge is 2.46. The average Bonchev–Trinajstić information content (AvgIpc) is 3.14. The van der Waals surface area contributed by atoms with Gasteiger partial charge in [0.15, 0.2) is 11.5 Å². The Hall–Kier alpha value is -4.33. The molecule has 0 radical (unpaired) electrons. The fourth-order valence-corrected chi connectivity index (χ4v) is 4.13. The van der Waals surface area contributed by atoms with Crippen molar-refractivity contribution in [3.8, 4) is 17.2 Å². The average molecular weight is 475 g/mol. The first-order valence-electron chi connectivity index (χ1n) is 11.1. The number of hydrogen-bond donors (Lipinski definition) is 1. The summed E-state index contributed by atoms with van der Waals surface area (Å²) < 4.78 is 16.1. The molecule has 8 heteroatoms. The molecule has 3 aromatic rings. The predicted octanol–water partition coefficient (Wildman–Crippen LogP) is 4.12. The molecule has 8 nitrogen and oxygen atoms in total. The summed E-state index contributed by atoms with van der Waals surface area (Å²) in [5.74, 6) is -0.227. The van der Waals surface area contributed by atoms with E-state index in [2.05, 4.69) is 4.98 Å². The molecule has 4 rings (SSSR count). The number of aromatic nitrogens is 1. The summed E-state index contributed by atoms with van der Waals surface area (Å²) in [6, 6.07) is 14.7. The van der Waals surface area contributed by atoms with Gasteiger partial charge >= 0.3 is 0 Å². The minimum Gasteiger partial charge on any atom is -0.507 e. The second kappa shape index (κ2) is 10.3. The van der Waals surface area contributed by atoms with Crippen molar-refractivity contribution in [3.63, 3.8) is 0 Å². The van der Waals surface area contributed by atoms with Gasteiger partial charge in [0, 0.05) is 24.5 Å². The number of rotatable bonds is 8. The van der Waals surface area contributed by atoms with Gasteiger partial charge in [0.05, 0.1) is 32.4 Å². The van der Waals surface area contributed by atoms with Gasteiger partial charge in [0.2, 0.25) is 0 Å². The zero-order valence-corrected chi connectivity index (χ0v) is 19.7. The zero-order valence-electron chi connectivity index (χ0n) is 19.7. The first-order chi connectivity index (χ1) is 17.0. The highest BCUT2D eigenvalue weighted by Crippen LogP contribution is 2.41. The molecular weight excluding hydrogens is 448 g/mol. The Labute approximate surface area is 203 Å². The maximum Gasteiger partial charge on any atom is 0.295 e. The van der Waals surface area contributed by atoms with Gasteiger partial charge in [-0.15, -0.1) is 0 Å². The van der Waals surface area contributed by atoms with Crippen molar-refractivity contribution in [2.24, 2.45) is 0 Å². The van der Waals surface area contributed by atoms with E-state index in [4.69, 9.17) is 14.2 Å². The second-order valence-electron chi connectivity index (χ2n) is 7.86. The number of carbonyl (C=O) groups is 2. The summed E-state index contributed by atoms with van der Waals surface area (Å²) >= 11 is 0. The van der Waals surface area contributed by atoms with E-state index in [1.165, 1.54) is 19.1 Å². The van der Waals surface area contributed by atoms with Crippen molar-refractivity contribution in [2.75, 3.05) is 20.8 Å². The molecule has 180 valence electrons. The largest absolute Gasteiger partial charge is 0.507 e. The van der Waals surface area contributed by atoms with Gasteiger partial charge in [-0.3, -0.25) is 14.6 Å². The molecule has 1 saturated heterocycles. The van der Waals surface area contributed by atoms with Crippen LogP contribution in [0, 0.1) is 0 Å². The topological polar surface area (TPSA) is 98.2 Å². The number of Topliss-reactive ketones (excluding diaryl/α,β-unsaturated/α-hetero) is 1. The molecule has 0 saturated carbocycles. The fourth-order valence-electron chi connectivity index (χ4n) is 4.13. The van der Waals surface area contributed by atoms with Crippen molar-refractivity contribution < 1.29 is 28.9 Å². The Morgan fingerprint density at radius 1 is 1.03 bits per heavy atom. The van der Waals surface area contributed by atoms with Crippen LogP contribution in [0.1, 0.15) is 29.7 Å². The van der Waals surface area contributed by atoms with Crippen LogP contribution in [0.4, 0.5) is 0 Å². The first-order valence-corrected chi connectivity index (χ1v) is 11.1. The number of ether oxygens (including phenoxy) is 3. The summed E-state index contributed by atoms with van der Waals surface area (Å²) in [5, 5.41) is 11.3. The van der Waals surface area contributed by atoms with Crippen molar-refractivity contribution >= 4 is 17.4 Å². The molecule has 2 heterocycles. The number of carbonyl (C=O) groups excluding carboxylic acids is 2. The molecule has 1 unspecified atom stereocenters. The number of pyridine rings is 1. The van der Waals surface area contributed by atoms with Gasteiger partial charge in [-0.1, -0.05) is 18.2 Å². The number of likely N-dealkylation sites (tertiary alicyclic amines) is 1. The molecule has 0 spiro atoms. The number of hydrogen-bond acceptors (Lipinski definition) is 7. The quantitative estimate of drug-likeness (QED) is 0.298. The number of ketones is 1. The maximum absolute atomic E-state index is 13.2. The van der Waals surface area contributed by atoms with Crippen LogP contribution in [-0.2, 0) is 16.1 Å². The van der Waals surface area contributed by atoms with Gasteiger partial charge in [-0.25, -0.2) is 0 Å². The van der Waals surface area contributed by atoms with Crippen LogP contribution in [0.5, 0.6) is 17.2 Å². The van der Waals surface area contributed by atoms with Gasteiger partial charge in [0.25, 0.3) is 11.7 Å². The summed E-state index contributed by atoms with van der Waals surface area (Å²) in [5.41, 5.74) is 1.75. The third kappa shape index (κ3) is 4.68. The molecule has 35 heavy (non-hydrogen) atoms. The number of methoxy groups -OCH3 is 2. The minimum absolute atomic E-state index is 0.00438. The van der Waals surface area contributed by atoms with E-state index in [9.17, 15) is 14.7 Å². The standard InChI is InChI=1S/C27H26N2O6/c1-4-35-20-10-7-18(8-11-20)24-23(25(30)19-9-12-21(33-2)22(14-19)34-3)26(31)27(32)29(24)16-17-6-5-13-28-15-17/h5-15,24,30H,4,16H2,1-3H3/b25-23-. The number of aliphatic hydroxyl groups is 1. The van der Waals surface area contributed by atoms with Gasteiger partial charge in [-0.05, 0) is 54.4 Å². The van der Waals surface area contributed by atoms with E-state index in [-0.39, 0.29) is 17.9 Å². The molecule has 1 amide bonds. The molecule has 1 aliphatic rings. The number of aliphatic hydroxyl groups excluding tert-OH is 1. The normalized spacial score (nSPS) is 16.9. The van der Waals surface area contributed by atoms with Crippen LogP contribution in [0.25, 0.3) is 5.76 Å². The third-order valence-corrected chi connectivity index (χ3v) is 5.78. The lowest BCUT2D eigenvalue weighted by molar-refractivity contribution is -0.140. The van der Waals surface area contributed by atoms with Crippen LogP contribution < -0.4 is 14.2 Å². The van der Waals surface area contributed by atoms with E-state index >= 15 is 0 Å². The van der Waals surface area contributed by atoms with Gasteiger partial charge in [0.1, 0.15) is 11.5 Å². The number of nitrogens with zero attached hydrogens (tertiary/aromatic N) is 2. The monoisotopic (exact) mass is 474 g/mol. The summed E-state index contributed by atoms with van der Waals surface area (Å²) in [6.07, 6.45) is 3.28. The molecule has 1 atom stereocenters. The van der Waals surface area contributed by atoms with E-state index in [0.29, 0.717) is 35.0 Å². The Morgan fingerprint density at radius 2 is 1.77 bits per heavy atom. The number of benzene rings is 2. The molecule has 1 aliphatic heterocycles. The van der Waals surface area contributed by atoms with E-state index in [0.717, 1.165) is 5.56 Å². The van der Waals surface area contributed by atoms with Crippen LogP contribution in [0.2, 0.25) is 0 Å². The van der Waals surface area contributed by atoms with Crippen molar-refractivity contribution in [1.82, 2.24) is 9.88 Å². The van der Waals surface area contributed by atoms with Crippen LogP contribution >= 0.6 is 0 Å². The van der Waals surface area contributed by atoms with Crippen LogP contribution in [0.3, 0.4) is 0 Å². The lowest BCUT2D eigenvalue weighted by Gasteiger charge is -2.25. The Morgan fingerprint density at radius 3 is 2.40 bits per heavy atom. The SMILES string of the molecule is CCOc1ccc(C2/C(=C(/O)c3ccc(OC)c(OC)c3)C(=O)C(=O)N2Cc2cccnc2)cc1. The smallest absolute Gasteiger partial charge is 0.295 e. The highest BCUT2D eigenvalue weighted by molar-refractivity contribution is 6.46. The molecule has 0 aliphatic carbocycles. The summed E-state index contributed by atoms with van der Waals surface area (Å²) in [6.45, 7) is 2.55.